The summed E-state index contributed by atoms with van der Waals surface area (Å²) in [6.45, 7) is 13.4. The van der Waals surface area contributed by atoms with E-state index in [1.165, 1.54) is 24.5 Å². The number of pyridine rings is 1. The van der Waals surface area contributed by atoms with E-state index in [0.717, 1.165) is 16.3 Å². The maximum absolute atomic E-state index is 14.3. The third-order valence-electron chi connectivity index (χ3n) is 7.85. The molecular weight excluding hydrogens is 584 g/mol. The summed E-state index contributed by atoms with van der Waals surface area (Å²) in [7, 11) is -1.91. The number of aryl methyl sites for hydroxylation is 1. The zero-order chi connectivity index (χ0) is 29.8. The van der Waals surface area contributed by atoms with E-state index in [-0.39, 0.29) is 39.0 Å². The summed E-state index contributed by atoms with van der Waals surface area (Å²) in [6.07, 6.45) is -0.721. The van der Waals surface area contributed by atoms with E-state index >= 15 is 0 Å². The third kappa shape index (κ3) is 5.68. The molecule has 0 unspecified atom stereocenters. The maximum Gasteiger partial charge on any atom is 0.401 e. The molecule has 0 aromatic carbocycles. The first-order valence-electron chi connectivity index (χ1n) is 12.9. The Labute approximate surface area is 242 Å². The second-order valence-electron chi connectivity index (χ2n) is 12.0. The predicted molar refractivity (Wildman–Crippen MR) is 153 cm³/mol. The predicted octanol–water partition coefficient (Wildman–Crippen LogP) is 7.65. The van der Waals surface area contributed by atoms with Gasteiger partial charge in [0.2, 0.25) is 0 Å². The van der Waals surface area contributed by atoms with Crippen molar-refractivity contribution in [3.8, 4) is 0 Å². The molecule has 14 heteroatoms. The Hall–Kier alpha value is -2.41. The summed E-state index contributed by atoms with van der Waals surface area (Å²) >= 11 is 12.4. The number of hydrogen-bond donors (Lipinski definition) is 1. The van der Waals surface area contributed by atoms with Crippen molar-refractivity contribution in [1.29, 1.82) is 0 Å². The van der Waals surface area contributed by atoms with Gasteiger partial charge in [-0.15, -0.1) is 0 Å². The summed E-state index contributed by atoms with van der Waals surface area (Å²) in [5, 5.41) is 7.03. The molecule has 0 saturated carbocycles. The minimum Gasteiger partial charge on any atom is -0.414 e. The second-order valence-corrected chi connectivity index (χ2v) is 17.5. The Morgan fingerprint density at radius 2 is 1.88 bits per heavy atom. The van der Waals surface area contributed by atoms with Gasteiger partial charge in [-0.05, 0) is 50.9 Å². The summed E-state index contributed by atoms with van der Waals surface area (Å²) < 4.78 is 50.4. The van der Waals surface area contributed by atoms with E-state index in [1.807, 2.05) is 6.92 Å². The van der Waals surface area contributed by atoms with Gasteiger partial charge in [-0.3, -0.25) is 9.88 Å². The number of halogens is 5. The molecule has 8 nitrogen and oxygen atoms in total. The number of carbonyl (C=O) groups excluding carboxylic acids is 1. The molecule has 0 saturated heterocycles. The lowest BCUT2D eigenvalue weighted by atomic mass is 9.88. The Bertz CT molecular complexity index is 1440. The first-order valence-corrected chi connectivity index (χ1v) is 16.5. The molecule has 218 valence electrons. The van der Waals surface area contributed by atoms with Gasteiger partial charge in [-0.25, -0.2) is 14.3 Å². The molecule has 2 amide bonds. The molecular formula is C26H33Cl2F3N6O2Si. The molecule has 4 heterocycles. The van der Waals surface area contributed by atoms with Crippen LogP contribution in [-0.4, -0.2) is 52.8 Å². The number of aromatic nitrogens is 4. The van der Waals surface area contributed by atoms with Crippen molar-refractivity contribution in [2.45, 2.75) is 83.3 Å². The highest BCUT2D eigenvalue weighted by Gasteiger charge is 2.60. The number of anilines is 2. The van der Waals surface area contributed by atoms with E-state index in [0.29, 0.717) is 23.6 Å². The molecule has 40 heavy (non-hydrogen) atoms. The molecule has 0 aliphatic carbocycles. The van der Waals surface area contributed by atoms with Crippen LogP contribution in [-0.2, 0) is 16.3 Å². The molecule has 3 aromatic rings. The van der Waals surface area contributed by atoms with E-state index in [1.54, 1.807) is 0 Å². The fraction of sp³-hybridized carbons (Fsp3) is 0.538. The summed E-state index contributed by atoms with van der Waals surface area (Å²) in [5.74, 6) is 0. The highest BCUT2D eigenvalue weighted by molar-refractivity contribution is 6.74. The van der Waals surface area contributed by atoms with E-state index in [2.05, 4.69) is 54.2 Å². The molecule has 3 aromatic heterocycles. The van der Waals surface area contributed by atoms with Crippen LogP contribution in [0.2, 0.25) is 28.3 Å². The topological polar surface area (TPSA) is 84.7 Å². The molecule has 0 fully saturated rings. The van der Waals surface area contributed by atoms with Gasteiger partial charge in [0.1, 0.15) is 5.41 Å². The smallest absolute Gasteiger partial charge is 0.401 e. The average molecular weight is 618 g/mol. The van der Waals surface area contributed by atoms with Gasteiger partial charge in [0.25, 0.3) is 0 Å². The fourth-order valence-corrected chi connectivity index (χ4v) is 6.39. The molecule has 4 rings (SSSR count). The quantitative estimate of drug-likeness (QED) is 0.288. The zero-order valence-electron chi connectivity index (χ0n) is 23.5. The third-order valence-corrected chi connectivity index (χ3v) is 13.0. The zero-order valence-corrected chi connectivity index (χ0v) is 26.0. The van der Waals surface area contributed by atoms with Crippen molar-refractivity contribution in [1.82, 2.24) is 19.6 Å². The molecule has 1 aliphatic heterocycles. The first-order chi connectivity index (χ1) is 18.3. The van der Waals surface area contributed by atoms with Gasteiger partial charge in [0.05, 0.1) is 40.2 Å². The van der Waals surface area contributed by atoms with Crippen LogP contribution in [0, 0.1) is 0 Å². The minimum atomic E-state index is -4.68. The van der Waals surface area contributed by atoms with Crippen molar-refractivity contribution < 1.29 is 22.4 Å². The summed E-state index contributed by atoms with van der Waals surface area (Å²) in [5.41, 5.74) is -1.59. The number of urea groups is 1. The molecule has 0 spiro atoms. The molecule has 0 radical (unpaired) electrons. The Kier molecular flexibility index (Phi) is 7.98. The lowest BCUT2D eigenvalue weighted by Gasteiger charge is -2.38. The minimum absolute atomic E-state index is 0.00456. The van der Waals surface area contributed by atoms with Crippen molar-refractivity contribution in [3.05, 3.63) is 46.1 Å². The summed E-state index contributed by atoms with van der Waals surface area (Å²) in [4.78, 5) is 22.8. The van der Waals surface area contributed by atoms with Crippen molar-refractivity contribution in [2.24, 2.45) is 0 Å². The number of carbonyl (C=O) groups is 1. The molecule has 1 aliphatic rings. The first kappa shape index (κ1) is 30.5. The average Bonchev–Trinajstić information content (AvgIpc) is 3.34. The lowest BCUT2D eigenvalue weighted by Crippen LogP contribution is -2.46. The normalized spacial score (nSPS) is 18.8. The Morgan fingerprint density at radius 3 is 2.48 bits per heavy atom. The highest BCUT2D eigenvalue weighted by Crippen LogP contribution is 2.50. The van der Waals surface area contributed by atoms with Crippen LogP contribution in [0.4, 0.5) is 29.3 Å². The van der Waals surface area contributed by atoms with Gasteiger partial charge >= 0.3 is 12.2 Å². The highest BCUT2D eigenvalue weighted by atomic mass is 35.5. The van der Waals surface area contributed by atoms with E-state index < -0.39 is 32.5 Å². The van der Waals surface area contributed by atoms with Crippen LogP contribution in [0.1, 0.15) is 52.4 Å². The van der Waals surface area contributed by atoms with Gasteiger partial charge < -0.3 is 9.74 Å². The van der Waals surface area contributed by atoms with Gasteiger partial charge in [0.15, 0.2) is 19.1 Å². The lowest BCUT2D eigenvalue weighted by molar-refractivity contribution is -0.181. The number of nitrogens with one attached hydrogen (secondary N) is 1. The second kappa shape index (κ2) is 10.5. The van der Waals surface area contributed by atoms with E-state index in [9.17, 15) is 18.0 Å². The van der Waals surface area contributed by atoms with Crippen LogP contribution in [0.25, 0.3) is 5.65 Å². The van der Waals surface area contributed by atoms with Crippen molar-refractivity contribution in [2.75, 3.05) is 16.8 Å². The van der Waals surface area contributed by atoms with Crippen molar-refractivity contribution in [3.63, 3.8) is 0 Å². The number of amides is 2. The van der Waals surface area contributed by atoms with Crippen LogP contribution < -0.4 is 10.2 Å². The number of hydrogen-bond acceptors (Lipinski definition) is 5. The summed E-state index contributed by atoms with van der Waals surface area (Å²) in [6, 6.07) is 2.11. The van der Waals surface area contributed by atoms with Crippen LogP contribution in [0.15, 0.2) is 24.5 Å². The molecule has 1 N–H and O–H groups in total. The van der Waals surface area contributed by atoms with Gasteiger partial charge in [-0.1, -0.05) is 44.0 Å². The standard InChI is InChI=1S/C26H33Cl2F3N6O2Si/c1-15(39-40(6,7)24(2,3)4)8-9-18-17(27)10-16(12-32-18)34-23(38)36-14-25(5,26(29,30)31)22-19(36)13-33-21-11-20(28)35-37(21)22/h10-13,15H,8-9,14H2,1-7H3,(H,34,38)/t15-,25-/m1/s1. The monoisotopic (exact) mass is 616 g/mol. The largest absolute Gasteiger partial charge is 0.414 e. The number of fused-ring (bicyclic) bond motifs is 3. The Balaban J connectivity index is 1.50. The number of rotatable bonds is 6. The number of nitrogens with zero attached hydrogens (tertiary/aromatic N) is 5. The van der Waals surface area contributed by atoms with Crippen LogP contribution in [0.3, 0.4) is 0 Å². The van der Waals surface area contributed by atoms with Crippen LogP contribution >= 0.6 is 23.2 Å². The SMILES string of the molecule is C[C@H](CCc1ncc(NC(=O)N2C[C@@](C)(C(F)(F)F)c3c2cnc2cc(Cl)nn32)cc1Cl)O[Si](C)(C)C(C)(C)C. The molecule has 2 atom stereocenters. The van der Waals surface area contributed by atoms with Crippen LogP contribution in [0.5, 0.6) is 0 Å². The fourth-order valence-electron chi connectivity index (χ4n) is 4.48. The van der Waals surface area contributed by atoms with E-state index in [4.69, 9.17) is 27.6 Å². The molecule has 0 bridgehead atoms. The Morgan fingerprint density at radius 1 is 1.20 bits per heavy atom. The van der Waals surface area contributed by atoms with Crippen molar-refractivity contribution >= 4 is 54.6 Å². The van der Waals surface area contributed by atoms with Gasteiger partial charge in [-0.2, -0.15) is 18.3 Å². The van der Waals surface area contributed by atoms with Gasteiger partial charge in [0, 0.05) is 18.7 Å². The maximum atomic E-state index is 14.3. The number of alkyl halides is 3.